The van der Waals surface area contributed by atoms with Gasteiger partial charge in [0.15, 0.2) is 0 Å². The summed E-state index contributed by atoms with van der Waals surface area (Å²) in [5.41, 5.74) is 1.87. The molecular formula is C17H22N4O3S. The summed E-state index contributed by atoms with van der Waals surface area (Å²) in [6.07, 6.45) is 6.60. The fourth-order valence-electron chi connectivity index (χ4n) is 3.08. The summed E-state index contributed by atoms with van der Waals surface area (Å²) >= 11 is 0. The SMILES string of the molecule is CS(=O)(=O)NC1CCCN(C(=O)Cc2ccc(-n3cccn3)cc2)C1. The molecule has 1 atom stereocenters. The van der Waals surface area contributed by atoms with E-state index in [-0.39, 0.29) is 11.9 Å². The standard InChI is InChI=1S/C17H22N4O3S/c1-25(23,24)19-15-4-2-10-20(13-15)17(22)12-14-5-7-16(8-6-14)21-11-3-9-18-21/h3,5-9,11,15,19H,2,4,10,12-13H2,1H3. The summed E-state index contributed by atoms with van der Waals surface area (Å²) in [6.45, 7) is 1.10. The maximum Gasteiger partial charge on any atom is 0.227 e. The molecule has 0 radical (unpaired) electrons. The number of aromatic nitrogens is 2. The zero-order valence-corrected chi connectivity index (χ0v) is 14.9. The van der Waals surface area contributed by atoms with Crippen LogP contribution in [-0.2, 0) is 21.2 Å². The van der Waals surface area contributed by atoms with Gasteiger partial charge in [-0.25, -0.2) is 17.8 Å². The highest BCUT2D eigenvalue weighted by Gasteiger charge is 2.25. The molecule has 1 unspecified atom stereocenters. The second-order valence-corrected chi connectivity index (χ2v) is 8.14. The van der Waals surface area contributed by atoms with Crippen LogP contribution in [0.4, 0.5) is 0 Å². The predicted molar refractivity (Wildman–Crippen MR) is 94.8 cm³/mol. The van der Waals surface area contributed by atoms with E-state index in [2.05, 4.69) is 9.82 Å². The zero-order chi connectivity index (χ0) is 17.9. The number of sulfonamides is 1. The third kappa shape index (κ3) is 4.90. The Morgan fingerprint density at radius 3 is 2.72 bits per heavy atom. The Morgan fingerprint density at radius 2 is 2.08 bits per heavy atom. The van der Waals surface area contributed by atoms with Crippen molar-refractivity contribution in [3.05, 3.63) is 48.3 Å². The van der Waals surface area contributed by atoms with E-state index in [1.165, 1.54) is 0 Å². The fourth-order valence-corrected chi connectivity index (χ4v) is 3.88. The van der Waals surface area contributed by atoms with Gasteiger partial charge >= 0.3 is 0 Å². The van der Waals surface area contributed by atoms with Crippen molar-refractivity contribution in [2.45, 2.75) is 25.3 Å². The second kappa shape index (κ2) is 7.37. The molecule has 1 saturated heterocycles. The van der Waals surface area contributed by atoms with Gasteiger partial charge in [0.1, 0.15) is 0 Å². The molecule has 1 fully saturated rings. The summed E-state index contributed by atoms with van der Waals surface area (Å²) in [6, 6.07) is 9.36. The molecule has 2 aromatic rings. The molecule has 1 aliphatic rings. The molecule has 8 heteroatoms. The van der Waals surface area contributed by atoms with E-state index < -0.39 is 10.0 Å². The first-order valence-electron chi connectivity index (χ1n) is 8.25. The zero-order valence-electron chi connectivity index (χ0n) is 14.1. The summed E-state index contributed by atoms with van der Waals surface area (Å²) in [7, 11) is -3.25. The van der Waals surface area contributed by atoms with Crippen LogP contribution in [0.25, 0.3) is 5.69 Å². The molecule has 2 heterocycles. The van der Waals surface area contributed by atoms with Gasteiger partial charge in [-0.05, 0) is 36.6 Å². The van der Waals surface area contributed by atoms with Crippen molar-refractivity contribution in [1.82, 2.24) is 19.4 Å². The quantitative estimate of drug-likeness (QED) is 0.858. The van der Waals surface area contributed by atoms with Crippen molar-refractivity contribution in [3.8, 4) is 5.69 Å². The maximum atomic E-state index is 12.5. The van der Waals surface area contributed by atoms with Crippen LogP contribution in [0.1, 0.15) is 18.4 Å². The molecule has 0 aliphatic carbocycles. The molecule has 25 heavy (non-hydrogen) atoms. The van der Waals surface area contributed by atoms with Gasteiger partial charge in [-0.1, -0.05) is 12.1 Å². The summed E-state index contributed by atoms with van der Waals surface area (Å²) in [4.78, 5) is 14.3. The molecule has 1 aromatic carbocycles. The Balaban J connectivity index is 1.60. The number of carbonyl (C=O) groups is 1. The van der Waals surface area contributed by atoms with E-state index in [4.69, 9.17) is 0 Å². The highest BCUT2D eigenvalue weighted by atomic mass is 32.2. The van der Waals surface area contributed by atoms with Crippen LogP contribution in [0, 0.1) is 0 Å². The number of benzene rings is 1. The average Bonchev–Trinajstić information content (AvgIpc) is 3.08. The molecule has 1 amide bonds. The van der Waals surface area contributed by atoms with E-state index in [1.54, 1.807) is 15.8 Å². The lowest BCUT2D eigenvalue weighted by atomic mass is 10.0. The molecule has 0 bridgehead atoms. The van der Waals surface area contributed by atoms with Gasteiger partial charge < -0.3 is 4.90 Å². The first kappa shape index (κ1) is 17.6. The van der Waals surface area contributed by atoms with Crippen LogP contribution in [0.3, 0.4) is 0 Å². The summed E-state index contributed by atoms with van der Waals surface area (Å²) < 4.78 is 27.1. The number of amides is 1. The lowest BCUT2D eigenvalue weighted by Crippen LogP contribution is -2.49. The number of nitrogens with one attached hydrogen (secondary N) is 1. The Bertz CT molecular complexity index is 816. The van der Waals surface area contributed by atoms with Gasteiger partial charge in [0.2, 0.25) is 15.9 Å². The largest absolute Gasteiger partial charge is 0.341 e. The van der Waals surface area contributed by atoms with E-state index in [0.717, 1.165) is 30.3 Å². The molecule has 0 saturated carbocycles. The van der Waals surface area contributed by atoms with Crippen LogP contribution in [0.5, 0.6) is 0 Å². The Kier molecular flexibility index (Phi) is 5.19. The van der Waals surface area contributed by atoms with Gasteiger partial charge in [0.25, 0.3) is 0 Å². The van der Waals surface area contributed by atoms with Crippen molar-refractivity contribution in [2.75, 3.05) is 19.3 Å². The lowest BCUT2D eigenvalue weighted by molar-refractivity contribution is -0.131. The molecule has 1 N–H and O–H groups in total. The third-order valence-electron chi connectivity index (χ3n) is 4.22. The summed E-state index contributed by atoms with van der Waals surface area (Å²) in [5, 5.41) is 4.17. The van der Waals surface area contributed by atoms with Crippen LogP contribution in [0.2, 0.25) is 0 Å². The minimum Gasteiger partial charge on any atom is -0.341 e. The van der Waals surface area contributed by atoms with Crippen LogP contribution in [-0.4, -0.2) is 54.4 Å². The molecule has 7 nitrogen and oxygen atoms in total. The van der Waals surface area contributed by atoms with E-state index >= 15 is 0 Å². The number of nitrogens with zero attached hydrogens (tertiary/aromatic N) is 3. The number of carbonyl (C=O) groups excluding carboxylic acids is 1. The maximum absolute atomic E-state index is 12.5. The van der Waals surface area contributed by atoms with Gasteiger partial charge in [-0.2, -0.15) is 5.10 Å². The van der Waals surface area contributed by atoms with Crippen molar-refractivity contribution in [2.24, 2.45) is 0 Å². The predicted octanol–water partition coefficient (Wildman–Crippen LogP) is 0.955. The van der Waals surface area contributed by atoms with Gasteiger partial charge in [0, 0.05) is 31.5 Å². The molecule has 134 valence electrons. The molecular weight excluding hydrogens is 340 g/mol. The normalized spacial score (nSPS) is 18.3. The van der Waals surface area contributed by atoms with Crippen LogP contribution in [0.15, 0.2) is 42.7 Å². The lowest BCUT2D eigenvalue weighted by Gasteiger charge is -2.32. The highest BCUT2D eigenvalue weighted by molar-refractivity contribution is 7.88. The van der Waals surface area contributed by atoms with Crippen molar-refractivity contribution >= 4 is 15.9 Å². The van der Waals surface area contributed by atoms with Gasteiger partial charge in [-0.3, -0.25) is 4.79 Å². The Labute approximate surface area is 147 Å². The number of likely N-dealkylation sites (tertiary alicyclic amines) is 1. The minimum absolute atomic E-state index is 0.0202. The van der Waals surface area contributed by atoms with E-state index in [1.807, 2.05) is 36.5 Å². The Morgan fingerprint density at radius 1 is 1.32 bits per heavy atom. The average molecular weight is 362 g/mol. The number of hydrogen-bond donors (Lipinski definition) is 1. The van der Waals surface area contributed by atoms with E-state index in [0.29, 0.717) is 19.5 Å². The van der Waals surface area contributed by atoms with E-state index in [9.17, 15) is 13.2 Å². The molecule has 1 aromatic heterocycles. The minimum atomic E-state index is -3.25. The summed E-state index contributed by atoms with van der Waals surface area (Å²) in [5.74, 6) is 0.0202. The molecule has 1 aliphatic heterocycles. The fraction of sp³-hybridized carbons (Fsp3) is 0.412. The molecule has 3 rings (SSSR count). The first-order valence-corrected chi connectivity index (χ1v) is 10.1. The van der Waals surface area contributed by atoms with Crippen LogP contribution < -0.4 is 4.72 Å². The number of hydrogen-bond acceptors (Lipinski definition) is 4. The monoisotopic (exact) mass is 362 g/mol. The smallest absolute Gasteiger partial charge is 0.227 e. The first-order chi connectivity index (χ1) is 11.9. The van der Waals surface area contributed by atoms with Gasteiger partial charge in [-0.15, -0.1) is 0 Å². The second-order valence-electron chi connectivity index (χ2n) is 6.36. The number of piperidine rings is 1. The van der Waals surface area contributed by atoms with Crippen LogP contribution >= 0.6 is 0 Å². The molecule has 0 spiro atoms. The Hall–Kier alpha value is -2.19. The van der Waals surface area contributed by atoms with Crippen molar-refractivity contribution < 1.29 is 13.2 Å². The topological polar surface area (TPSA) is 84.3 Å². The number of rotatable bonds is 5. The van der Waals surface area contributed by atoms with Crippen molar-refractivity contribution in [1.29, 1.82) is 0 Å². The highest BCUT2D eigenvalue weighted by Crippen LogP contribution is 2.14. The van der Waals surface area contributed by atoms with Crippen molar-refractivity contribution in [3.63, 3.8) is 0 Å². The van der Waals surface area contributed by atoms with Gasteiger partial charge in [0.05, 0.1) is 18.4 Å². The third-order valence-corrected chi connectivity index (χ3v) is 4.98.